The van der Waals surface area contributed by atoms with E-state index in [1.807, 2.05) is 26.8 Å². The SMILES string of the molecule is CC(=O)C1=C(O)C(C(C)C)[C@@]2(C)C[C@@]3(C)Cc4c(CCc5c(C)c(C)c(C)c(C)c5C)ccc(O)c4C(=O)C3=C(O)[C@@]2(O)C1=O. The number of ketones is 3. The van der Waals surface area contributed by atoms with Gasteiger partial charge in [-0.05, 0) is 124 Å². The largest absolute Gasteiger partial charge is 0.511 e. The molecule has 2 aromatic carbocycles. The van der Waals surface area contributed by atoms with E-state index in [9.17, 15) is 34.8 Å². The van der Waals surface area contributed by atoms with Crippen LogP contribution >= 0.6 is 0 Å². The lowest BCUT2D eigenvalue weighted by Gasteiger charge is -2.59. The number of aliphatic hydroxyl groups excluding tert-OH is 2. The van der Waals surface area contributed by atoms with Crippen LogP contribution in [0, 0.1) is 57.3 Å². The van der Waals surface area contributed by atoms with Crippen molar-refractivity contribution >= 4 is 17.3 Å². The summed E-state index contributed by atoms with van der Waals surface area (Å²) < 4.78 is 0. The van der Waals surface area contributed by atoms with Crippen LogP contribution in [0.25, 0.3) is 0 Å². The van der Waals surface area contributed by atoms with Gasteiger partial charge >= 0.3 is 0 Å². The van der Waals surface area contributed by atoms with Gasteiger partial charge in [0.25, 0.3) is 0 Å². The maximum atomic E-state index is 14.3. The number of carbonyl (C=O) groups excluding carboxylic acids is 3. The molecule has 0 spiro atoms. The molecule has 0 saturated heterocycles. The first-order chi connectivity index (χ1) is 20.8. The predicted molar refractivity (Wildman–Crippen MR) is 173 cm³/mol. The summed E-state index contributed by atoms with van der Waals surface area (Å²) in [7, 11) is 0. The predicted octanol–water partition coefficient (Wildman–Crippen LogP) is 6.67. The summed E-state index contributed by atoms with van der Waals surface area (Å²) in [5.41, 5.74) is 3.50. The lowest BCUT2D eigenvalue weighted by molar-refractivity contribution is -0.171. The number of rotatable bonds is 5. The molecule has 0 amide bonds. The quantitative estimate of drug-likeness (QED) is 0.277. The number of hydrogen-bond donors (Lipinski definition) is 4. The van der Waals surface area contributed by atoms with E-state index in [0.29, 0.717) is 12.0 Å². The average Bonchev–Trinajstić information content (AvgIpc) is 2.93. The first kappa shape index (κ1) is 32.7. The van der Waals surface area contributed by atoms with Gasteiger partial charge in [0.15, 0.2) is 17.2 Å². The summed E-state index contributed by atoms with van der Waals surface area (Å²) in [6, 6.07) is 3.35. The molecule has 7 nitrogen and oxygen atoms in total. The van der Waals surface area contributed by atoms with Gasteiger partial charge in [-0.25, -0.2) is 0 Å². The molecule has 7 heteroatoms. The third-order valence-corrected chi connectivity index (χ3v) is 11.8. The van der Waals surface area contributed by atoms with Crippen LogP contribution in [0.1, 0.15) is 95.9 Å². The molecule has 3 aliphatic rings. The fourth-order valence-corrected chi connectivity index (χ4v) is 9.24. The number of allylic oxidation sites excluding steroid dienone is 2. The zero-order valence-electron chi connectivity index (χ0n) is 28.2. The van der Waals surface area contributed by atoms with E-state index in [2.05, 4.69) is 34.6 Å². The molecule has 4 atom stereocenters. The summed E-state index contributed by atoms with van der Waals surface area (Å²) in [6.07, 6.45) is 1.72. The first-order valence-electron chi connectivity index (χ1n) is 15.9. The Morgan fingerprint density at radius 2 is 1.47 bits per heavy atom. The van der Waals surface area contributed by atoms with Gasteiger partial charge in [0.05, 0.1) is 5.56 Å². The normalized spacial score (nSPS) is 28.0. The molecule has 0 aromatic heterocycles. The molecule has 0 saturated carbocycles. The molecular formula is C38H46O7. The molecular weight excluding hydrogens is 568 g/mol. The van der Waals surface area contributed by atoms with E-state index >= 15 is 0 Å². The summed E-state index contributed by atoms with van der Waals surface area (Å²) in [4.78, 5) is 40.8. The Kier molecular flexibility index (Phi) is 7.56. The number of carbonyl (C=O) groups is 3. The van der Waals surface area contributed by atoms with Crippen LogP contribution in [0.3, 0.4) is 0 Å². The number of phenolic OH excluding ortho intramolecular Hbond substituents is 1. The van der Waals surface area contributed by atoms with Crippen molar-refractivity contribution in [2.24, 2.45) is 22.7 Å². The molecule has 0 heterocycles. The fourth-order valence-electron chi connectivity index (χ4n) is 9.24. The number of fused-ring (bicyclic) bond motifs is 3. The van der Waals surface area contributed by atoms with Crippen LogP contribution < -0.4 is 0 Å². The van der Waals surface area contributed by atoms with Crippen LogP contribution in [-0.4, -0.2) is 43.4 Å². The van der Waals surface area contributed by atoms with Gasteiger partial charge in [0.1, 0.15) is 22.8 Å². The molecule has 0 radical (unpaired) electrons. The number of hydrogen-bond acceptors (Lipinski definition) is 7. The van der Waals surface area contributed by atoms with Gasteiger partial charge in [0, 0.05) is 22.3 Å². The Morgan fingerprint density at radius 1 is 0.911 bits per heavy atom. The van der Waals surface area contributed by atoms with E-state index in [0.717, 1.165) is 18.9 Å². The molecule has 0 aliphatic heterocycles. The van der Waals surface area contributed by atoms with Crippen molar-refractivity contribution in [3.63, 3.8) is 0 Å². The van der Waals surface area contributed by atoms with Gasteiger partial charge < -0.3 is 20.4 Å². The van der Waals surface area contributed by atoms with Crippen molar-refractivity contribution in [2.45, 2.75) is 101 Å². The van der Waals surface area contributed by atoms with Gasteiger partial charge in [0.2, 0.25) is 5.78 Å². The third kappa shape index (κ3) is 4.22. The molecule has 2 aromatic rings. The smallest absolute Gasteiger partial charge is 0.209 e. The second kappa shape index (κ2) is 10.4. The molecule has 3 aliphatic carbocycles. The van der Waals surface area contributed by atoms with Crippen LogP contribution in [0.4, 0.5) is 0 Å². The molecule has 45 heavy (non-hydrogen) atoms. The zero-order chi connectivity index (χ0) is 33.7. The Hall–Kier alpha value is -3.71. The van der Waals surface area contributed by atoms with Gasteiger partial charge in [-0.2, -0.15) is 0 Å². The van der Waals surface area contributed by atoms with E-state index in [1.165, 1.54) is 39.4 Å². The van der Waals surface area contributed by atoms with Crippen molar-refractivity contribution in [3.8, 4) is 5.75 Å². The van der Waals surface area contributed by atoms with Crippen molar-refractivity contribution in [1.29, 1.82) is 0 Å². The maximum Gasteiger partial charge on any atom is 0.209 e. The standard InChI is InChI=1S/C38H46O7/c1-17(2)30-32(41)28(23(8)39)34(43)38(45)35(44)31-33(42)29-26(15-36(31,9)16-37(30,38)10)24(12-14-27(29)40)11-13-25-21(6)19(4)18(3)20(5)22(25)7/h12,14,17,30,40-41,44-45H,11,13,15-16H2,1-10H3/t30?,36-,37-,38+/m1/s1. The number of aryl methyl sites for hydroxylation is 1. The highest BCUT2D eigenvalue weighted by Gasteiger charge is 2.71. The fraction of sp³-hybridized carbons (Fsp3) is 0.500. The third-order valence-electron chi connectivity index (χ3n) is 11.8. The summed E-state index contributed by atoms with van der Waals surface area (Å²) in [5, 5.41) is 46.5. The number of aromatic hydroxyl groups is 1. The number of phenols is 1. The Bertz CT molecular complexity index is 1740. The van der Waals surface area contributed by atoms with Gasteiger partial charge in [-0.3, -0.25) is 14.4 Å². The highest BCUT2D eigenvalue weighted by molar-refractivity contribution is 6.25. The van der Waals surface area contributed by atoms with Gasteiger partial charge in [-0.1, -0.05) is 33.8 Å². The van der Waals surface area contributed by atoms with Crippen molar-refractivity contribution in [3.05, 3.63) is 84.9 Å². The zero-order valence-corrected chi connectivity index (χ0v) is 28.2. The minimum Gasteiger partial charge on any atom is -0.511 e. The second-order valence-corrected chi connectivity index (χ2v) is 14.7. The van der Waals surface area contributed by atoms with Crippen LogP contribution in [0.2, 0.25) is 0 Å². The molecule has 0 fully saturated rings. The van der Waals surface area contributed by atoms with Crippen LogP contribution in [0.5, 0.6) is 5.75 Å². The second-order valence-electron chi connectivity index (χ2n) is 14.7. The lowest BCUT2D eigenvalue weighted by atomic mass is 9.44. The Morgan fingerprint density at radius 3 is 2.00 bits per heavy atom. The highest BCUT2D eigenvalue weighted by Crippen LogP contribution is 2.65. The maximum absolute atomic E-state index is 14.3. The topological polar surface area (TPSA) is 132 Å². The number of Topliss-reactive ketones (excluding diaryl/α,β-unsaturated/α-hetero) is 3. The molecule has 5 rings (SSSR count). The number of aliphatic hydroxyl groups is 3. The summed E-state index contributed by atoms with van der Waals surface area (Å²) >= 11 is 0. The Balaban J connectivity index is 1.68. The summed E-state index contributed by atoms with van der Waals surface area (Å²) in [6.45, 7) is 19.0. The Labute approximate surface area is 265 Å². The lowest BCUT2D eigenvalue weighted by Crippen LogP contribution is -2.67. The molecule has 0 bridgehead atoms. The monoisotopic (exact) mass is 614 g/mol. The van der Waals surface area contributed by atoms with E-state index < -0.39 is 51.0 Å². The molecule has 240 valence electrons. The van der Waals surface area contributed by atoms with Crippen LogP contribution in [-0.2, 0) is 28.9 Å². The van der Waals surface area contributed by atoms with E-state index in [4.69, 9.17) is 0 Å². The van der Waals surface area contributed by atoms with E-state index in [1.54, 1.807) is 6.92 Å². The van der Waals surface area contributed by atoms with Gasteiger partial charge in [-0.15, -0.1) is 0 Å². The van der Waals surface area contributed by atoms with Crippen molar-refractivity contribution in [2.75, 3.05) is 0 Å². The molecule has 4 N–H and O–H groups in total. The van der Waals surface area contributed by atoms with E-state index in [-0.39, 0.29) is 41.4 Å². The van der Waals surface area contributed by atoms with Crippen LogP contribution in [0.15, 0.2) is 34.8 Å². The first-order valence-corrected chi connectivity index (χ1v) is 15.9. The molecule has 1 unspecified atom stereocenters. The number of benzene rings is 2. The summed E-state index contributed by atoms with van der Waals surface area (Å²) in [5.74, 6) is -5.05. The van der Waals surface area contributed by atoms with Crippen molar-refractivity contribution < 1.29 is 34.8 Å². The average molecular weight is 615 g/mol. The minimum atomic E-state index is -2.61. The van der Waals surface area contributed by atoms with Crippen molar-refractivity contribution in [1.82, 2.24) is 0 Å². The highest BCUT2D eigenvalue weighted by atomic mass is 16.3. The minimum absolute atomic E-state index is 0.0669.